The number of carbonyl (C=O) groups excluding carboxylic acids is 1. The molecule has 2 aromatic rings. The number of aryl methyl sites for hydroxylation is 2. The molecule has 0 atom stereocenters. The summed E-state index contributed by atoms with van der Waals surface area (Å²) >= 11 is 1.52. The Kier molecular flexibility index (Phi) is 5.24. The maximum atomic E-state index is 12.6. The van der Waals surface area contributed by atoms with Crippen molar-refractivity contribution in [2.24, 2.45) is 5.92 Å². The Morgan fingerprint density at radius 1 is 1.21 bits per heavy atom. The smallest absolute Gasteiger partial charge is 0.263 e. The van der Waals surface area contributed by atoms with E-state index in [1.165, 1.54) is 22.5 Å². The van der Waals surface area contributed by atoms with Crippen molar-refractivity contribution in [2.45, 2.75) is 40.2 Å². The summed E-state index contributed by atoms with van der Waals surface area (Å²) in [5.74, 6) is 1.78. The van der Waals surface area contributed by atoms with Crippen LogP contribution in [0.1, 0.15) is 46.1 Å². The van der Waals surface area contributed by atoms with Crippen molar-refractivity contribution < 1.29 is 9.53 Å². The predicted octanol–water partition coefficient (Wildman–Crippen LogP) is 4.82. The van der Waals surface area contributed by atoms with Crippen molar-refractivity contribution in [3.8, 4) is 5.75 Å². The van der Waals surface area contributed by atoms with Gasteiger partial charge < -0.3 is 9.64 Å². The molecule has 128 valence electrons. The van der Waals surface area contributed by atoms with E-state index in [-0.39, 0.29) is 5.91 Å². The Hall–Kier alpha value is -1.81. The number of carbonyl (C=O) groups is 1. The second-order valence-electron chi connectivity index (χ2n) is 6.83. The van der Waals surface area contributed by atoms with Crippen LogP contribution in [-0.4, -0.2) is 23.9 Å². The molecule has 1 aromatic heterocycles. The highest BCUT2D eigenvalue weighted by molar-refractivity contribution is 7.12. The zero-order chi connectivity index (χ0) is 17.1. The largest absolute Gasteiger partial charge is 0.489 e. The van der Waals surface area contributed by atoms with Crippen LogP contribution < -0.4 is 4.74 Å². The first-order chi connectivity index (χ1) is 11.5. The summed E-state index contributed by atoms with van der Waals surface area (Å²) in [4.78, 5) is 15.4. The lowest BCUT2D eigenvalue weighted by atomic mass is 9.99. The van der Waals surface area contributed by atoms with Crippen molar-refractivity contribution in [3.05, 3.63) is 51.2 Å². The molecule has 1 saturated heterocycles. The monoisotopic (exact) mass is 343 g/mol. The van der Waals surface area contributed by atoms with Crippen LogP contribution in [0.15, 0.2) is 29.6 Å². The summed E-state index contributed by atoms with van der Waals surface area (Å²) in [6.07, 6.45) is 2.22. The highest BCUT2D eigenvalue weighted by Gasteiger charge is 2.22. The van der Waals surface area contributed by atoms with Gasteiger partial charge in [-0.25, -0.2) is 0 Å². The average molecular weight is 343 g/mol. The zero-order valence-corrected chi connectivity index (χ0v) is 15.5. The average Bonchev–Trinajstić information content (AvgIpc) is 3.05. The number of likely N-dealkylation sites (tertiary alicyclic amines) is 1. The molecular formula is C20H25NO2S. The Morgan fingerprint density at radius 2 is 1.96 bits per heavy atom. The summed E-state index contributed by atoms with van der Waals surface area (Å²) in [6, 6.07) is 8.11. The van der Waals surface area contributed by atoms with E-state index in [0.717, 1.165) is 48.0 Å². The number of rotatable bonds is 4. The second-order valence-corrected chi connectivity index (χ2v) is 7.74. The van der Waals surface area contributed by atoms with Crippen LogP contribution >= 0.6 is 11.3 Å². The van der Waals surface area contributed by atoms with Gasteiger partial charge in [-0.1, -0.05) is 13.0 Å². The van der Waals surface area contributed by atoms with Crippen LogP contribution in [0, 0.1) is 19.8 Å². The van der Waals surface area contributed by atoms with E-state index in [9.17, 15) is 4.79 Å². The molecular weight excluding hydrogens is 318 g/mol. The lowest BCUT2D eigenvalue weighted by Crippen LogP contribution is -2.37. The molecule has 1 fully saturated rings. The number of hydrogen-bond acceptors (Lipinski definition) is 3. The Balaban J connectivity index is 1.58. The normalized spacial score (nSPS) is 15.5. The van der Waals surface area contributed by atoms with Gasteiger partial charge in [0.05, 0.1) is 4.88 Å². The molecule has 0 spiro atoms. The minimum absolute atomic E-state index is 0.171. The molecule has 1 aliphatic heterocycles. The van der Waals surface area contributed by atoms with Gasteiger partial charge in [0.1, 0.15) is 12.4 Å². The molecule has 24 heavy (non-hydrogen) atoms. The summed E-state index contributed by atoms with van der Waals surface area (Å²) in [5.41, 5.74) is 3.56. The molecule has 0 saturated carbocycles. The summed E-state index contributed by atoms with van der Waals surface area (Å²) < 4.78 is 5.86. The third-order valence-electron chi connectivity index (χ3n) is 4.82. The molecule has 0 N–H and O–H groups in total. The summed E-state index contributed by atoms with van der Waals surface area (Å²) in [5, 5.41) is 2.03. The number of hydrogen-bond donors (Lipinski definition) is 0. The maximum absolute atomic E-state index is 12.6. The lowest BCUT2D eigenvalue weighted by molar-refractivity contribution is 0.0702. The van der Waals surface area contributed by atoms with Gasteiger partial charge in [-0.05, 0) is 67.3 Å². The second kappa shape index (κ2) is 7.39. The van der Waals surface area contributed by atoms with Gasteiger partial charge in [-0.2, -0.15) is 0 Å². The summed E-state index contributed by atoms with van der Waals surface area (Å²) in [7, 11) is 0. The Morgan fingerprint density at radius 3 is 2.67 bits per heavy atom. The number of piperidine rings is 1. The fraction of sp³-hybridized carbons (Fsp3) is 0.450. The molecule has 2 heterocycles. The van der Waals surface area contributed by atoms with E-state index in [1.807, 2.05) is 22.4 Å². The molecule has 1 amide bonds. The minimum Gasteiger partial charge on any atom is -0.489 e. The fourth-order valence-corrected chi connectivity index (χ4v) is 3.77. The van der Waals surface area contributed by atoms with Crippen LogP contribution in [-0.2, 0) is 6.61 Å². The minimum atomic E-state index is 0.171. The van der Waals surface area contributed by atoms with E-state index >= 15 is 0 Å². The predicted molar refractivity (Wildman–Crippen MR) is 98.9 cm³/mol. The fourth-order valence-electron chi connectivity index (χ4n) is 2.90. The van der Waals surface area contributed by atoms with Crippen molar-refractivity contribution in [1.29, 1.82) is 0 Å². The van der Waals surface area contributed by atoms with Crippen molar-refractivity contribution in [2.75, 3.05) is 13.1 Å². The molecule has 3 rings (SSSR count). The first-order valence-electron chi connectivity index (χ1n) is 8.59. The zero-order valence-electron chi connectivity index (χ0n) is 14.7. The van der Waals surface area contributed by atoms with Crippen LogP contribution in [0.25, 0.3) is 0 Å². The molecule has 0 aliphatic carbocycles. The van der Waals surface area contributed by atoms with E-state index < -0.39 is 0 Å². The van der Waals surface area contributed by atoms with Gasteiger partial charge in [-0.3, -0.25) is 4.79 Å². The van der Waals surface area contributed by atoms with Gasteiger partial charge in [-0.15, -0.1) is 11.3 Å². The summed E-state index contributed by atoms with van der Waals surface area (Å²) in [6.45, 7) is 8.71. The molecule has 1 aromatic carbocycles. The SMILES string of the molecule is Cc1ccc(OCc2csc(C(=O)N3CCC(C)CC3)c2)cc1C. The Bertz CT molecular complexity index is 714. The molecule has 1 aliphatic rings. The van der Waals surface area contributed by atoms with Gasteiger partial charge >= 0.3 is 0 Å². The van der Waals surface area contributed by atoms with E-state index in [1.54, 1.807) is 0 Å². The van der Waals surface area contributed by atoms with Crippen LogP contribution in [0.2, 0.25) is 0 Å². The van der Waals surface area contributed by atoms with Crippen molar-refractivity contribution >= 4 is 17.2 Å². The molecule has 0 radical (unpaired) electrons. The van der Waals surface area contributed by atoms with Gasteiger partial charge in [0.15, 0.2) is 0 Å². The maximum Gasteiger partial charge on any atom is 0.263 e. The number of nitrogens with zero attached hydrogens (tertiary/aromatic N) is 1. The topological polar surface area (TPSA) is 29.5 Å². The van der Waals surface area contributed by atoms with Crippen LogP contribution in [0.5, 0.6) is 5.75 Å². The van der Waals surface area contributed by atoms with Crippen molar-refractivity contribution in [1.82, 2.24) is 4.90 Å². The van der Waals surface area contributed by atoms with Gasteiger partial charge in [0, 0.05) is 18.7 Å². The number of thiophene rings is 1. The van der Waals surface area contributed by atoms with Crippen molar-refractivity contribution in [3.63, 3.8) is 0 Å². The number of ether oxygens (including phenoxy) is 1. The van der Waals surface area contributed by atoms with Crippen LogP contribution in [0.4, 0.5) is 0 Å². The quantitative estimate of drug-likeness (QED) is 0.797. The standard InChI is InChI=1S/C20H25NO2S/c1-14-6-8-21(9-7-14)20(22)19-11-17(13-24-19)12-23-18-5-4-15(2)16(3)10-18/h4-5,10-11,13-14H,6-9,12H2,1-3H3. The molecule has 4 heteroatoms. The molecule has 0 bridgehead atoms. The van der Waals surface area contributed by atoms with E-state index in [4.69, 9.17) is 4.74 Å². The van der Waals surface area contributed by atoms with E-state index in [0.29, 0.717) is 6.61 Å². The van der Waals surface area contributed by atoms with Gasteiger partial charge in [0.2, 0.25) is 0 Å². The lowest BCUT2D eigenvalue weighted by Gasteiger charge is -2.29. The first-order valence-corrected chi connectivity index (χ1v) is 9.47. The number of benzene rings is 1. The van der Waals surface area contributed by atoms with Gasteiger partial charge in [0.25, 0.3) is 5.91 Å². The number of amides is 1. The van der Waals surface area contributed by atoms with Crippen LogP contribution in [0.3, 0.4) is 0 Å². The Labute approximate surface area is 148 Å². The highest BCUT2D eigenvalue weighted by atomic mass is 32.1. The molecule has 3 nitrogen and oxygen atoms in total. The molecule has 0 unspecified atom stereocenters. The first kappa shape index (κ1) is 17.0. The third-order valence-corrected chi connectivity index (χ3v) is 5.79. The van der Waals surface area contributed by atoms with E-state index in [2.05, 4.69) is 32.9 Å². The third kappa shape index (κ3) is 3.99. The highest BCUT2D eigenvalue weighted by Crippen LogP contribution is 2.23.